The van der Waals surface area contributed by atoms with Gasteiger partial charge in [-0.15, -0.1) is 0 Å². The molecule has 0 aliphatic heterocycles. The summed E-state index contributed by atoms with van der Waals surface area (Å²) in [7, 11) is 0. The molecule has 1 N–H and O–H groups in total. The Morgan fingerprint density at radius 2 is 2.20 bits per heavy atom. The maximum Gasteiger partial charge on any atom is 0.146 e. The average molecular weight is 336 g/mol. The summed E-state index contributed by atoms with van der Waals surface area (Å²) in [5.74, 6) is 1.74. The van der Waals surface area contributed by atoms with Gasteiger partial charge in [-0.25, -0.2) is 0 Å². The van der Waals surface area contributed by atoms with E-state index in [0.29, 0.717) is 12.6 Å². The summed E-state index contributed by atoms with van der Waals surface area (Å²) in [5, 5.41) is 3.47. The van der Waals surface area contributed by atoms with Crippen molar-refractivity contribution in [1.29, 1.82) is 0 Å². The van der Waals surface area contributed by atoms with Crippen molar-refractivity contribution >= 4 is 15.9 Å². The minimum atomic E-state index is 0.459. The molecule has 1 aliphatic carbocycles. The van der Waals surface area contributed by atoms with Gasteiger partial charge in [-0.05, 0) is 43.5 Å². The molecule has 2 aromatic rings. The Kier molecular flexibility index (Phi) is 4.13. The van der Waals surface area contributed by atoms with Gasteiger partial charge in [0.1, 0.15) is 18.1 Å². The standard InChI is InChI=1S/C16H18BrNO2/c1-11-2-3-13(17)7-16(11)20-10-15-6-12(9-19-15)8-18-14-4-5-14/h2-3,6-7,9,14,18H,4-5,8,10H2,1H3. The fourth-order valence-electron chi connectivity index (χ4n) is 2.02. The highest BCUT2D eigenvalue weighted by molar-refractivity contribution is 9.10. The molecular weight excluding hydrogens is 318 g/mol. The van der Waals surface area contributed by atoms with Crippen LogP contribution < -0.4 is 10.1 Å². The van der Waals surface area contributed by atoms with Gasteiger partial charge in [-0.1, -0.05) is 22.0 Å². The molecule has 1 aliphatic rings. The number of aryl methyl sites for hydroxylation is 1. The van der Waals surface area contributed by atoms with Crippen molar-refractivity contribution in [2.75, 3.05) is 0 Å². The fraction of sp³-hybridized carbons (Fsp3) is 0.375. The first-order chi connectivity index (χ1) is 9.70. The second-order valence-corrected chi connectivity index (χ2v) is 6.19. The summed E-state index contributed by atoms with van der Waals surface area (Å²) >= 11 is 3.45. The van der Waals surface area contributed by atoms with Crippen LogP contribution in [0.2, 0.25) is 0 Å². The highest BCUT2D eigenvalue weighted by Crippen LogP contribution is 2.24. The van der Waals surface area contributed by atoms with Crippen LogP contribution in [0.15, 0.2) is 39.4 Å². The van der Waals surface area contributed by atoms with Crippen LogP contribution in [-0.2, 0) is 13.2 Å². The van der Waals surface area contributed by atoms with E-state index < -0.39 is 0 Å². The van der Waals surface area contributed by atoms with Crippen molar-refractivity contribution in [1.82, 2.24) is 5.32 Å². The normalized spacial score (nSPS) is 14.5. The van der Waals surface area contributed by atoms with Gasteiger partial charge in [0, 0.05) is 22.6 Å². The largest absolute Gasteiger partial charge is 0.485 e. The molecule has 1 fully saturated rings. The van der Waals surface area contributed by atoms with Crippen LogP contribution in [0.5, 0.6) is 5.75 Å². The molecule has 1 heterocycles. The lowest BCUT2D eigenvalue weighted by atomic mass is 10.2. The van der Waals surface area contributed by atoms with Gasteiger partial charge in [0.15, 0.2) is 0 Å². The van der Waals surface area contributed by atoms with Crippen LogP contribution in [0.3, 0.4) is 0 Å². The first-order valence-electron chi connectivity index (χ1n) is 6.89. The lowest BCUT2D eigenvalue weighted by Crippen LogP contribution is -2.14. The second kappa shape index (κ2) is 6.02. The van der Waals surface area contributed by atoms with Gasteiger partial charge >= 0.3 is 0 Å². The van der Waals surface area contributed by atoms with Crippen molar-refractivity contribution in [2.24, 2.45) is 0 Å². The molecule has 4 heteroatoms. The molecule has 0 spiro atoms. The van der Waals surface area contributed by atoms with Gasteiger partial charge in [0.2, 0.25) is 0 Å². The van der Waals surface area contributed by atoms with Crippen LogP contribution in [0, 0.1) is 6.92 Å². The van der Waals surface area contributed by atoms with E-state index in [2.05, 4.69) is 27.3 Å². The molecule has 3 rings (SSSR count). The van der Waals surface area contributed by atoms with Crippen LogP contribution in [0.4, 0.5) is 0 Å². The molecule has 1 saturated carbocycles. The number of halogens is 1. The summed E-state index contributed by atoms with van der Waals surface area (Å²) in [6.07, 6.45) is 4.41. The number of hydrogen-bond acceptors (Lipinski definition) is 3. The molecule has 1 aromatic heterocycles. The van der Waals surface area contributed by atoms with Crippen molar-refractivity contribution in [3.05, 3.63) is 51.9 Å². The van der Waals surface area contributed by atoms with Crippen molar-refractivity contribution in [2.45, 2.75) is 39.0 Å². The Balaban J connectivity index is 1.55. The number of benzene rings is 1. The summed E-state index contributed by atoms with van der Waals surface area (Å²) in [6, 6.07) is 8.80. The molecule has 0 radical (unpaired) electrons. The number of furan rings is 1. The number of hydrogen-bond donors (Lipinski definition) is 1. The summed E-state index contributed by atoms with van der Waals surface area (Å²) < 4.78 is 12.4. The zero-order valence-corrected chi connectivity index (χ0v) is 13.1. The zero-order chi connectivity index (χ0) is 13.9. The van der Waals surface area contributed by atoms with Gasteiger partial charge in [0.25, 0.3) is 0 Å². The monoisotopic (exact) mass is 335 g/mol. The molecule has 0 saturated heterocycles. The maximum absolute atomic E-state index is 5.81. The van der Waals surface area contributed by atoms with Crippen molar-refractivity contribution < 1.29 is 9.15 Å². The molecular formula is C16H18BrNO2. The number of ether oxygens (including phenoxy) is 1. The Hall–Kier alpha value is -1.26. The molecule has 0 amide bonds. The molecule has 1 aromatic carbocycles. The van der Waals surface area contributed by atoms with Gasteiger partial charge in [-0.2, -0.15) is 0 Å². The van der Waals surface area contributed by atoms with Crippen LogP contribution in [0.25, 0.3) is 0 Å². The molecule has 20 heavy (non-hydrogen) atoms. The van der Waals surface area contributed by atoms with Crippen molar-refractivity contribution in [3.8, 4) is 5.75 Å². The van der Waals surface area contributed by atoms with E-state index in [-0.39, 0.29) is 0 Å². The Labute approximate surface area is 127 Å². The van der Waals surface area contributed by atoms with E-state index in [1.807, 2.05) is 31.4 Å². The predicted molar refractivity (Wildman–Crippen MR) is 81.8 cm³/mol. The Morgan fingerprint density at radius 3 is 3.00 bits per heavy atom. The van der Waals surface area contributed by atoms with Crippen molar-refractivity contribution in [3.63, 3.8) is 0 Å². The lowest BCUT2D eigenvalue weighted by molar-refractivity contribution is 0.268. The average Bonchev–Trinajstić information content (AvgIpc) is 3.16. The maximum atomic E-state index is 5.81. The Bertz CT molecular complexity index is 590. The zero-order valence-electron chi connectivity index (χ0n) is 11.5. The molecule has 0 unspecified atom stereocenters. The highest BCUT2D eigenvalue weighted by Gasteiger charge is 2.20. The third-order valence-corrected chi connectivity index (χ3v) is 3.89. The van der Waals surface area contributed by atoms with E-state index in [1.165, 1.54) is 18.4 Å². The predicted octanol–water partition coefficient (Wildman–Crippen LogP) is 4.18. The topological polar surface area (TPSA) is 34.4 Å². The van der Waals surface area contributed by atoms with Gasteiger partial charge < -0.3 is 14.5 Å². The molecule has 106 valence electrons. The van der Waals surface area contributed by atoms with Crippen LogP contribution in [-0.4, -0.2) is 6.04 Å². The summed E-state index contributed by atoms with van der Waals surface area (Å²) in [5.41, 5.74) is 2.30. The van der Waals surface area contributed by atoms with Gasteiger partial charge in [0.05, 0.1) is 6.26 Å². The summed E-state index contributed by atoms with van der Waals surface area (Å²) in [4.78, 5) is 0. The van der Waals surface area contributed by atoms with Gasteiger partial charge in [-0.3, -0.25) is 0 Å². The fourth-order valence-corrected chi connectivity index (χ4v) is 2.36. The molecule has 0 bridgehead atoms. The van der Waals surface area contributed by atoms with E-state index >= 15 is 0 Å². The Morgan fingerprint density at radius 1 is 1.35 bits per heavy atom. The first kappa shape index (κ1) is 13.7. The van der Waals surface area contributed by atoms with Crippen LogP contribution in [0.1, 0.15) is 29.7 Å². The van der Waals surface area contributed by atoms with E-state index in [1.54, 1.807) is 0 Å². The second-order valence-electron chi connectivity index (χ2n) is 5.27. The highest BCUT2D eigenvalue weighted by atomic mass is 79.9. The summed E-state index contributed by atoms with van der Waals surface area (Å²) in [6.45, 7) is 3.37. The van der Waals surface area contributed by atoms with E-state index in [9.17, 15) is 0 Å². The van der Waals surface area contributed by atoms with E-state index in [0.717, 1.165) is 28.1 Å². The number of nitrogens with one attached hydrogen (secondary N) is 1. The minimum Gasteiger partial charge on any atom is -0.485 e. The quantitative estimate of drug-likeness (QED) is 0.859. The van der Waals surface area contributed by atoms with E-state index in [4.69, 9.17) is 9.15 Å². The smallest absolute Gasteiger partial charge is 0.146 e. The van der Waals surface area contributed by atoms with Crippen LogP contribution >= 0.6 is 15.9 Å². The lowest BCUT2D eigenvalue weighted by Gasteiger charge is -2.07. The molecule has 0 atom stereocenters. The molecule has 3 nitrogen and oxygen atoms in total. The third kappa shape index (κ3) is 3.64. The number of rotatable bonds is 6. The first-order valence-corrected chi connectivity index (χ1v) is 7.68. The minimum absolute atomic E-state index is 0.459. The SMILES string of the molecule is Cc1ccc(Br)cc1OCc1cc(CNC2CC2)co1. The third-order valence-electron chi connectivity index (χ3n) is 3.40.